The maximum absolute atomic E-state index is 13.8. The Hall–Kier alpha value is -3.26. The molecule has 150 valence electrons. The second kappa shape index (κ2) is 7.53. The first-order valence-corrected chi connectivity index (χ1v) is 10.6. The highest BCUT2D eigenvalue weighted by Gasteiger charge is 2.29. The molecule has 0 spiro atoms. The number of pyridine rings is 1. The number of benzene rings is 2. The summed E-state index contributed by atoms with van der Waals surface area (Å²) >= 11 is 0. The molecule has 1 aliphatic rings. The Morgan fingerprint density at radius 1 is 1.07 bits per heavy atom. The number of hydrogen-bond acceptors (Lipinski definition) is 3. The molecule has 2 heterocycles. The van der Waals surface area contributed by atoms with Crippen LogP contribution in [0, 0.1) is 23.1 Å². The maximum Gasteiger partial charge on any atom is 0.123 e. The molecular weight excluding hydrogens is 375 g/mol. The molecule has 5 rings (SSSR count). The number of aromatic amines is 1. The van der Waals surface area contributed by atoms with Crippen molar-refractivity contribution in [3.8, 4) is 6.07 Å². The number of nitrogens with one attached hydrogen (secondary N) is 1. The standard InChI is InChI=1S/C25H23FN4/c1-15(25-29-23-8-2-16(14-27)12-24(23)30-25)17-3-5-18(6-4-17)20-10-11-28-22-9-7-19(26)13-21(20)22/h2,7-13,15,17-18H,3-6H2,1H3,(H,29,30)/t15-,17-,18+/m0/s1. The Morgan fingerprint density at radius 2 is 1.87 bits per heavy atom. The zero-order valence-electron chi connectivity index (χ0n) is 16.9. The lowest BCUT2D eigenvalue weighted by Gasteiger charge is -2.32. The van der Waals surface area contributed by atoms with Crippen LogP contribution in [0.5, 0.6) is 0 Å². The van der Waals surface area contributed by atoms with E-state index in [0.717, 1.165) is 53.4 Å². The van der Waals surface area contributed by atoms with Crippen LogP contribution in [0.2, 0.25) is 0 Å². The van der Waals surface area contributed by atoms with E-state index in [9.17, 15) is 4.39 Å². The number of nitriles is 1. The molecule has 0 aliphatic heterocycles. The van der Waals surface area contributed by atoms with Crippen molar-refractivity contribution >= 4 is 21.9 Å². The van der Waals surface area contributed by atoms with Gasteiger partial charge in [-0.1, -0.05) is 6.92 Å². The van der Waals surface area contributed by atoms with Gasteiger partial charge in [-0.2, -0.15) is 5.26 Å². The van der Waals surface area contributed by atoms with Crippen molar-refractivity contribution in [1.29, 1.82) is 5.26 Å². The molecule has 5 heteroatoms. The van der Waals surface area contributed by atoms with E-state index in [0.29, 0.717) is 23.3 Å². The average molecular weight is 398 g/mol. The lowest BCUT2D eigenvalue weighted by atomic mass is 9.73. The summed E-state index contributed by atoms with van der Waals surface area (Å²) in [6.07, 6.45) is 6.25. The van der Waals surface area contributed by atoms with Gasteiger partial charge in [-0.3, -0.25) is 4.98 Å². The lowest BCUT2D eigenvalue weighted by molar-refractivity contribution is 0.286. The molecule has 1 aliphatic carbocycles. The molecule has 0 saturated heterocycles. The molecule has 0 amide bonds. The molecular formula is C25H23FN4. The van der Waals surface area contributed by atoms with E-state index in [1.165, 1.54) is 11.6 Å². The van der Waals surface area contributed by atoms with Gasteiger partial charge in [0.05, 0.1) is 28.2 Å². The highest BCUT2D eigenvalue weighted by atomic mass is 19.1. The van der Waals surface area contributed by atoms with Crippen LogP contribution in [-0.2, 0) is 0 Å². The normalized spacial score (nSPS) is 20.3. The smallest absolute Gasteiger partial charge is 0.123 e. The molecule has 0 bridgehead atoms. The molecule has 2 aromatic heterocycles. The fraction of sp³-hybridized carbons (Fsp3) is 0.320. The molecule has 4 nitrogen and oxygen atoms in total. The zero-order chi connectivity index (χ0) is 20.7. The first-order valence-electron chi connectivity index (χ1n) is 10.6. The van der Waals surface area contributed by atoms with Gasteiger partial charge in [0.1, 0.15) is 11.6 Å². The fourth-order valence-corrected chi connectivity index (χ4v) is 4.96. The first-order chi connectivity index (χ1) is 14.6. The topological polar surface area (TPSA) is 65.4 Å². The van der Waals surface area contributed by atoms with Gasteiger partial charge >= 0.3 is 0 Å². The quantitative estimate of drug-likeness (QED) is 0.447. The monoisotopic (exact) mass is 398 g/mol. The molecule has 1 fully saturated rings. The van der Waals surface area contributed by atoms with Gasteiger partial charge in [0.2, 0.25) is 0 Å². The van der Waals surface area contributed by atoms with Crippen LogP contribution in [0.1, 0.15) is 61.4 Å². The third-order valence-electron chi connectivity index (χ3n) is 6.72. The number of H-pyrrole nitrogens is 1. The van der Waals surface area contributed by atoms with Crippen LogP contribution in [0.25, 0.3) is 21.9 Å². The van der Waals surface area contributed by atoms with Gasteiger partial charge in [0, 0.05) is 17.5 Å². The van der Waals surface area contributed by atoms with Gasteiger partial charge < -0.3 is 4.98 Å². The molecule has 1 saturated carbocycles. The predicted molar refractivity (Wildman–Crippen MR) is 116 cm³/mol. The highest BCUT2D eigenvalue weighted by Crippen LogP contribution is 2.42. The Kier molecular flexibility index (Phi) is 4.71. The van der Waals surface area contributed by atoms with Crippen LogP contribution in [0.4, 0.5) is 4.39 Å². The van der Waals surface area contributed by atoms with Crippen LogP contribution in [-0.4, -0.2) is 15.0 Å². The zero-order valence-corrected chi connectivity index (χ0v) is 16.9. The Morgan fingerprint density at radius 3 is 2.67 bits per heavy atom. The van der Waals surface area contributed by atoms with Crippen LogP contribution >= 0.6 is 0 Å². The predicted octanol–water partition coefficient (Wildman–Crippen LogP) is 6.20. The van der Waals surface area contributed by atoms with Gasteiger partial charge in [0.25, 0.3) is 0 Å². The summed E-state index contributed by atoms with van der Waals surface area (Å²) in [5.41, 5.74) is 4.57. The van der Waals surface area contributed by atoms with Crippen molar-refractivity contribution in [2.24, 2.45) is 5.92 Å². The lowest BCUT2D eigenvalue weighted by Crippen LogP contribution is -2.19. The van der Waals surface area contributed by atoms with Crippen molar-refractivity contribution in [1.82, 2.24) is 15.0 Å². The fourth-order valence-electron chi connectivity index (χ4n) is 4.96. The summed E-state index contributed by atoms with van der Waals surface area (Å²) in [5, 5.41) is 10.1. The van der Waals surface area contributed by atoms with Crippen molar-refractivity contribution in [3.05, 3.63) is 71.4 Å². The molecule has 0 radical (unpaired) electrons. The molecule has 30 heavy (non-hydrogen) atoms. The molecule has 1 N–H and O–H groups in total. The van der Waals surface area contributed by atoms with E-state index < -0.39 is 0 Å². The van der Waals surface area contributed by atoms with Crippen molar-refractivity contribution in [3.63, 3.8) is 0 Å². The van der Waals surface area contributed by atoms with Gasteiger partial charge in [-0.15, -0.1) is 0 Å². The van der Waals surface area contributed by atoms with Gasteiger partial charge in [0.15, 0.2) is 0 Å². The highest BCUT2D eigenvalue weighted by molar-refractivity contribution is 5.82. The van der Waals surface area contributed by atoms with E-state index in [4.69, 9.17) is 10.2 Å². The Labute approximate surface area is 174 Å². The minimum atomic E-state index is -0.205. The SMILES string of the molecule is C[C@H](c1nc2ccc(C#N)cc2[nH]1)[C@H]1CC[C@@H](c2ccnc3ccc(F)cc32)CC1. The summed E-state index contributed by atoms with van der Waals surface area (Å²) in [6.45, 7) is 2.24. The Bertz CT molecular complexity index is 1260. The molecule has 4 aromatic rings. The van der Waals surface area contributed by atoms with Crippen molar-refractivity contribution < 1.29 is 4.39 Å². The third-order valence-corrected chi connectivity index (χ3v) is 6.72. The minimum absolute atomic E-state index is 0.205. The number of fused-ring (bicyclic) bond motifs is 2. The second-order valence-electron chi connectivity index (χ2n) is 8.43. The largest absolute Gasteiger partial charge is 0.342 e. The Balaban J connectivity index is 1.34. The van der Waals surface area contributed by atoms with Crippen molar-refractivity contribution in [2.75, 3.05) is 0 Å². The minimum Gasteiger partial charge on any atom is -0.342 e. The van der Waals surface area contributed by atoms with E-state index >= 15 is 0 Å². The molecule has 0 unspecified atom stereocenters. The van der Waals surface area contributed by atoms with E-state index in [-0.39, 0.29) is 5.82 Å². The summed E-state index contributed by atoms with van der Waals surface area (Å²) in [5.74, 6) is 2.12. The van der Waals surface area contributed by atoms with E-state index in [1.54, 1.807) is 12.1 Å². The van der Waals surface area contributed by atoms with Gasteiger partial charge in [-0.05, 0) is 85.5 Å². The van der Waals surface area contributed by atoms with Crippen molar-refractivity contribution in [2.45, 2.75) is 44.4 Å². The summed E-state index contributed by atoms with van der Waals surface area (Å²) in [6, 6.07) is 14.7. The van der Waals surface area contributed by atoms with Crippen LogP contribution < -0.4 is 0 Å². The number of nitrogens with zero attached hydrogens (tertiary/aromatic N) is 3. The second-order valence-corrected chi connectivity index (χ2v) is 8.43. The number of hydrogen-bond donors (Lipinski definition) is 1. The van der Waals surface area contributed by atoms with Crippen LogP contribution in [0.3, 0.4) is 0 Å². The average Bonchev–Trinajstić information content (AvgIpc) is 3.21. The summed E-state index contributed by atoms with van der Waals surface area (Å²) in [7, 11) is 0. The summed E-state index contributed by atoms with van der Waals surface area (Å²) < 4.78 is 13.8. The van der Waals surface area contributed by atoms with Crippen LogP contribution in [0.15, 0.2) is 48.7 Å². The number of aromatic nitrogens is 3. The first kappa shape index (κ1) is 18.7. The third kappa shape index (κ3) is 3.33. The maximum atomic E-state index is 13.8. The van der Waals surface area contributed by atoms with E-state index in [1.807, 2.05) is 24.4 Å². The van der Waals surface area contributed by atoms with Gasteiger partial charge in [-0.25, -0.2) is 9.37 Å². The number of imidazole rings is 1. The molecule has 2 aromatic carbocycles. The molecule has 1 atom stereocenters. The summed E-state index contributed by atoms with van der Waals surface area (Å²) in [4.78, 5) is 12.6. The number of halogens is 1. The van der Waals surface area contributed by atoms with E-state index in [2.05, 4.69) is 29.0 Å². The number of rotatable bonds is 3.